The molecule has 0 fully saturated rings. The first-order valence-corrected chi connectivity index (χ1v) is 8.39. The summed E-state index contributed by atoms with van der Waals surface area (Å²) in [5.74, 6) is -0.780. The molecule has 2 rings (SSSR count). The molecule has 1 aromatic carbocycles. The zero-order valence-corrected chi connectivity index (χ0v) is 15.4. The lowest BCUT2D eigenvalue weighted by Gasteiger charge is -2.02. The number of hydrogen-bond donors (Lipinski definition) is 2. The van der Waals surface area contributed by atoms with E-state index in [1.54, 1.807) is 25.1 Å². The van der Waals surface area contributed by atoms with Crippen molar-refractivity contribution in [3.05, 3.63) is 56.7 Å². The first kappa shape index (κ1) is 17.5. The second-order valence-electron chi connectivity index (χ2n) is 4.45. The Labute approximate surface area is 150 Å². The molecular weight excluding hydrogens is 428 g/mol. The largest absolute Gasteiger partial charge is 0.461 e. The van der Waals surface area contributed by atoms with Crippen LogP contribution in [0.3, 0.4) is 0 Å². The van der Waals surface area contributed by atoms with Crippen molar-refractivity contribution in [1.82, 2.24) is 4.98 Å². The molecule has 0 aliphatic carbocycles. The van der Waals surface area contributed by atoms with Gasteiger partial charge in [-0.3, -0.25) is 4.79 Å². The van der Waals surface area contributed by atoms with Gasteiger partial charge in [-0.2, -0.15) is 0 Å². The molecule has 7 heteroatoms. The lowest BCUT2D eigenvalue weighted by atomic mass is 10.2. The number of halogens is 2. The number of rotatable bonds is 5. The van der Waals surface area contributed by atoms with Gasteiger partial charge >= 0.3 is 5.97 Å². The van der Waals surface area contributed by atoms with E-state index in [9.17, 15) is 9.59 Å². The molecule has 0 saturated heterocycles. The molecule has 0 radical (unpaired) electrons. The number of aromatic nitrogens is 1. The van der Waals surface area contributed by atoms with Crippen LogP contribution in [0.15, 0.2) is 45.5 Å². The van der Waals surface area contributed by atoms with E-state index >= 15 is 0 Å². The lowest BCUT2D eigenvalue weighted by Crippen LogP contribution is -2.08. The number of aromatic amines is 1. The Kier molecular flexibility index (Phi) is 6.18. The van der Waals surface area contributed by atoms with Gasteiger partial charge in [-0.05, 0) is 57.0 Å². The minimum absolute atomic E-state index is 0.269. The SMILES string of the molecule is CCOC(=O)c1[nH]c(Br)c(Br)c1/C=C/C(=O)Nc1ccccc1. The molecule has 0 aliphatic rings. The van der Waals surface area contributed by atoms with Gasteiger partial charge in [0, 0.05) is 17.3 Å². The highest BCUT2D eigenvalue weighted by atomic mass is 79.9. The van der Waals surface area contributed by atoms with Crippen LogP contribution in [0.4, 0.5) is 5.69 Å². The Morgan fingerprint density at radius 3 is 2.61 bits per heavy atom. The number of anilines is 1. The van der Waals surface area contributed by atoms with Crippen LogP contribution in [0.1, 0.15) is 23.0 Å². The van der Waals surface area contributed by atoms with Crippen LogP contribution in [-0.4, -0.2) is 23.5 Å². The van der Waals surface area contributed by atoms with E-state index in [0.717, 1.165) is 0 Å². The van der Waals surface area contributed by atoms with Gasteiger partial charge in [0.1, 0.15) is 5.69 Å². The Bertz CT molecular complexity index is 739. The summed E-state index contributed by atoms with van der Waals surface area (Å²) in [4.78, 5) is 26.8. The van der Waals surface area contributed by atoms with Crippen molar-refractivity contribution in [2.75, 3.05) is 11.9 Å². The third kappa shape index (κ3) is 4.56. The average Bonchev–Trinajstić information content (AvgIpc) is 2.82. The van der Waals surface area contributed by atoms with E-state index in [1.165, 1.54) is 6.08 Å². The molecule has 0 spiro atoms. The second kappa shape index (κ2) is 8.12. The maximum absolute atomic E-state index is 12.0. The zero-order valence-electron chi connectivity index (χ0n) is 12.2. The smallest absolute Gasteiger partial charge is 0.355 e. The molecule has 0 bridgehead atoms. The van der Waals surface area contributed by atoms with Crippen molar-refractivity contribution in [2.24, 2.45) is 0 Å². The van der Waals surface area contributed by atoms with E-state index in [4.69, 9.17) is 4.74 Å². The van der Waals surface area contributed by atoms with E-state index in [-0.39, 0.29) is 18.2 Å². The zero-order chi connectivity index (χ0) is 16.8. The van der Waals surface area contributed by atoms with Crippen molar-refractivity contribution in [3.8, 4) is 0 Å². The van der Waals surface area contributed by atoms with E-state index in [0.29, 0.717) is 20.3 Å². The number of carbonyl (C=O) groups excluding carboxylic acids is 2. The number of nitrogens with one attached hydrogen (secondary N) is 2. The summed E-state index contributed by atoms with van der Waals surface area (Å²) in [5, 5.41) is 2.73. The van der Waals surface area contributed by atoms with Crippen molar-refractivity contribution in [3.63, 3.8) is 0 Å². The molecule has 2 aromatic rings. The number of amides is 1. The van der Waals surface area contributed by atoms with Gasteiger partial charge < -0.3 is 15.0 Å². The molecule has 1 aromatic heterocycles. The third-order valence-electron chi connectivity index (χ3n) is 2.86. The topological polar surface area (TPSA) is 71.2 Å². The minimum Gasteiger partial charge on any atom is -0.461 e. The van der Waals surface area contributed by atoms with Gasteiger partial charge in [0.15, 0.2) is 0 Å². The van der Waals surface area contributed by atoms with E-state index in [1.807, 2.05) is 18.2 Å². The van der Waals surface area contributed by atoms with Crippen LogP contribution in [-0.2, 0) is 9.53 Å². The van der Waals surface area contributed by atoms with E-state index in [2.05, 4.69) is 42.2 Å². The number of ether oxygens (including phenoxy) is 1. The van der Waals surface area contributed by atoms with Crippen LogP contribution < -0.4 is 5.32 Å². The molecule has 1 heterocycles. The predicted molar refractivity (Wildman–Crippen MR) is 96.3 cm³/mol. The maximum Gasteiger partial charge on any atom is 0.355 e. The third-order valence-corrected chi connectivity index (χ3v) is 4.81. The molecular formula is C16H14Br2N2O3. The van der Waals surface area contributed by atoms with Crippen molar-refractivity contribution >= 4 is 55.5 Å². The Morgan fingerprint density at radius 1 is 1.26 bits per heavy atom. The Hall–Kier alpha value is -1.86. The molecule has 0 unspecified atom stereocenters. The number of H-pyrrole nitrogens is 1. The lowest BCUT2D eigenvalue weighted by molar-refractivity contribution is -0.111. The van der Waals surface area contributed by atoms with Crippen molar-refractivity contribution in [1.29, 1.82) is 0 Å². The molecule has 0 saturated carbocycles. The van der Waals surface area contributed by atoms with E-state index < -0.39 is 5.97 Å². The molecule has 5 nitrogen and oxygen atoms in total. The van der Waals surface area contributed by atoms with Gasteiger partial charge in [0.2, 0.25) is 5.91 Å². The van der Waals surface area contributed by atoms with Crippen LogP contribution in [0.2, 0.25) is 0 Å². The Morgan fingerprint density at radius 2 is 1.96 bits per heavy atom. The first-order valence-electron chi connectivity index (χ1n) is 6.81. The fourth-order valence-electron chi connectivity index (χ4n) is 1.85. The van der Waals surface area contributed by atoms with Gasteiger partial charge in [0.05, 0.1) is 15.7 Å². The summed E-state index contributed by atoms with van der Waals surface area (Å²) in [6, 6.07) is 9.11. The Balaban J connectivity index is 2.18. The summed E-state index contributed by atoms with van der Waals surface area (Å²) in [6.45, 7) is 2.00. The number of carbonyl (C=O) groups is 2. The van der Waals surface area contributed by atoms with Crippen molar-refractivity contribution in [2.45, 2.75) is 6.92 Å². The number of benzene rings is 1. The highest BCUT2D eigenvalue weighted by Gasteiger charge is 2.19. The standard InChI is InChI=1S/C16H14Br2N2O3/c1-2-23-16(22)14-11(13(17)15(18)20-14)8-9-12(21)19-10-6-4-3-5-7-10/h3-9,20H,2H2,1H3,(H,19,21)/b9-8+. The fourth-order valence-corrected chi connectivity index (χ4v) is 2.69. The molecule has 0 atom stereocenters. The number of esters is 1. The van der Waals surface area contributed by atoms with Crippen LogP contribution >= 0.6 is 31.9 Å². The molecule has 0 aliphatic heterocycles. The minimum atomic E-state index is -0.484. The molecule has 1 amide bonds. The highest BCUT2D eigenvalue weighted by Crippen LogP contribution is 2.31. The first-order chi connectivity index (χ1) is 11.0. The highest BCUT2D eigenvalue weighted by molar-refractivity contribution is 9.13. The van der Waals surface area contributed by atoms with Crippen LogP contribution in [0.25, 0.3) is 6.08 Å². The summed E-state index contributed by atoms with van der Waals surface area (Å²) in [6.07, 6.45) is 2.91. The predicted octanol–water partition coefficient (Wildman–Crippen LogP) is 4.37. The summed E-state index contributed by atoms with van der Waals surface area (Å²) in [7, 11) is 0. The summed E-state index contributed by atoms with van der Waals surface area (Å²) < 4.78 is 6.24. The molecule has 23 heavy (non-hydrogen) atoms. The van der Waals surface area contributed by atoms with Gasteiger partial charge in [-0.15, -0.1) is 0 Å². The summed E-state index contributed by atoms with van der Waals surface area (Å²) in [5.41, 5.74) is 1.51. The van der Waals surface area contributed by atoms with Gasteiger partial charge in [0.25, 0.3) is 0 Å². The monoisotopic (exact) mass is 440 g/mol. The fraction of sp³-hybridized carbons (Fsp3) is 0.125. The maximum atomic E-state index is 12.0. The quantitative estimate of drug-likeness (QED) is 0.534. The average molecular weight is 442 g/mol. The molecule has 120 valence electrons. The number of hydrogen-bond acceptors (Lipinski definition) is 3. The normalized spacial score (nSPS) is 10.7. The van der Waals surface area contributed by atoms with Gasteiger partial charge in [-0.1, -0.05) is 18.2 Å². The van der Waals surface area contributed by atoms with Crippen molar-refractivity contribution < 1.29 is 14.3 Å². The summed E-state index contributed by atoms with van der Waals surface area (Å²) >= 11 is 6.67. The van der Waals surface area contributed by atoms with Gasteiger partial charge in [-0.25, -0.2) is 4.79 Å². The van der Waals surface area contributed by atoms with Crippen LogP contribution in [0, 0.1) is 0 Å². The second-order valence-corrected chi connectivity index (χ2v) is 6.04. The van der Waals surface area contributed by atoms with Crippen LogP contribution in [0.5, 0.6) is 0 Å². The number of para-hydroxylation sites is 1. The molecule has 2 N–H and O–H groups in total.